The molecule has 7 heteroatoms. The first-order valence-corrected chi connectivity index (χ1v) is 11.3. The van der Waals surface area contributed by atoms with Gasteiger partial charge in [-0.05, 0) is 65.8 Å². The standard InChI is InChI=1S/C21H21N5OS/c1-13-4-5-15(19(27)26-21-23-8-9-28(21,2)3)11-17(13)14-6-7-18-16(10-14)12-24-20(22)25-18/h4-12H,1-3H3,(H2,22,24,25)(H,23,26,27). The zero-order valence-electron chi connectivity index (χ0n) is 15.9. The van der Waals surface area contributed by atoms with E-state index in [-0.39, 0.29) is 11.9 Å². The predicted octanol–water partition coefficient (Wildman–Crippen LogP) is 3.82. The van der Waals surface area contributed by atoms with Crippen LogP contribution in [-0.2, 0) is 0 Å². The van der Waals surface area contributed by atoms with Gasteiger partial charge in [-0.1, -0.05) is 12.1 Å². The number of amides is 1. The fourth-order valence-electron chi connectivity index (χ4n) is 3.07. The molecule has 1 aromatic heterocycles. The van der Waals surface area contributed by atoms with Crippen LogP contribution in [0.5, 0.6) is 0 Å². The number of nitrogens with two attached hydrogens (primary N) is 1. The normalized spacial score (nSPS) is 16.0. The molecule has 0 spiro atoms. The Morgan fingerprint density at radius 2 is 1.96 bits per heavy atom. The van der Waals surface area contributed by atoms with Gasteiger partial charge in [-0.2, -0.15) is 10.0 Å². The van der Waals surface area contributed by atoms with Crippen LogP contribution in [0.1, 0.15) is 15.9 Å². The van der Waals surface area contributed by atoms with E-state index in [2.05, 4.69) is 32.8 Å². The molecule has 6 nitrogen and oxygen atoms in total. The maximum Gasteiger partial charge on any atom is 0.257 e. The summed E-state index contributed by atoms with van der Waals surface area (Å²) in [7, 11) is -1.18. The van der Waals surface area contributed by atoms with Gasteiger partial charge in [0.05, 0.1) is 5.52 Å². The number of nitrogen functional groups attached to an aromatic ring is 1. The highest BCUT2D eigenvalue weighted by molar-refractivity contribution is 8.46. The summed E-state index contributed by atoms with van der Waals surface area (Å²) in [5, 5.41) is 6.66. The fraction of sp³-hybridized carbons (Fsp3) is 0.143. The average Bonchev–Trinajstić information content (AvgIpc) is 2.99. The van der Waals surface area contributed by atoms with Crippen LogP contribution >= 0.6 is 10.0 Å². The highest BCUT2D eigenvalue weighted by Gasteiger charge is 2.22. The molecule has 1 aliphatic rings. The summed E-state index contributed by atoms with van der Waals surface area (Å²) < 4.78 is 0. The molecule has 142 valence electrons. The molecule has 2 heterocycles. The van der Waals surface area contributed by atoms with Crippen molar-refractivity contribution in [1.82, 2.24) is 15.3 Å². The Labute approximate surface area is 164 Å². The van der Waals surface area contributed by atoms with Crippen molar-refractivity contribution in [2.75, 3.05) is 18.2 Å². The zero-order valence-corrected chi connectivity index (χ0v) is 16.7. The molecule has 3 N–H and O–H groups in total. The fourth-order valence-corrected chi connectivity index (χ4v) is 4.26. The molecule has 2 aromatic carbocycles. The monoisotopic (exact) mass is 391 g/mol. The molecule has 0 saturated carbocycles. The summed E-state index contributed by atoms with van der Waals surface area (Å²) in [5.74, 6) is 0.102. The number of benzene rings is 2. The molecule has 0 atom stereocenters. The molecule has 0 unspecified atom stereocenters. The van der Waals surface area contributed by atoms with Crippen molar-refractivity contribution in [3.8, 4) is 11.1 Å². The highest BCUT2D eigenvalue weighted by Crippen LogP contribution is 2.45. The van der Waals surface area contributed by atoms with E-state index in [4.69, 9.17) is 5.73 Å². The number of carbonyl (C=O) groups is 1. The van der Waals surface area contributed by atoms with Gasteiger partial charge in [0.1, 0.15) is 0 Å². The van der Waals surface area contributed by atoms with Gasteiger partial charge in [0.2, 0.25) is 5.95 Å². The maximum atomic E-state index is 12.8. The summed E-state index contributed by atoms with van der Waals surface area (Å²) >= 11 is 0. The molecule has 1 aliphatic heterocycles. The minimum atomic E-state index is -1.18. The van der Waals surface area contributed by atoms with Gasteiger partial charge in [0.15, 0.2) is 5.17 Å². The molecule has 0 aliphatic carbocycles. The number of amidine groups is 1. The summed E-state index contributed by atoms with van der Waals surface area (Å²) in [6.45, 7) is 2.03. The van der Waals surface area contributed by atoms with E-state index in [9.17, 15) is 4.79 Å². The van der Waals surface area contributed by atoms with Crippen LogP contribution in [0.2, 0.25) is 0 Å². The zero-order chi connectivity index (χ0) is 19.9. The van der Waals surface area contributed by atoms with Crippen LogP contribution in [0.3, 0.4) is 0 Å². The number of rotatable bonds is 2. The number of aryl methyl sites for hydroxylation is 1. The Hall–Kier alpha value is -3.19. The van der Waals surface area contributed by atoms with E-state index in [1.807, 2.05) is 48.7 Å². The van der Waals surface area contributed by atoms with Gasteiger partial charge in [-0.25, -0.2) is 15.0 Å². The number of anilines is 1. The topological polar surface area (TPSA) is 93.3 Å². The van der Waals surface area contributed by atoms with Crippen LogP contribution in [0.25, 0.3) is 22.0 Å². The maximum absolute atomic E-state index is 12.8. The van der Waals surface area contributed by atoms with Crippen LogP contribution in [0.15, 0.2) is 59.2 Å². The first-order chi connectivity index (χ1) is 13.3. The van der Waals surface area contributed by atoms with Gasteiger partial charge in [0.25, 0.3) is 5.91 Å². The van der Waals surface area contributed by atoms with E-state index in [0.29, 0.717) is 5.56 Å². The lowest BCUT2D eigenvalue weighted by Gasteiger charge is -2.24. The lowest BCUT2D eigenvalue weighted by Crippen LogP contribution is -2.32. The second kappa shape index (κ2) is 6.76. The van der Waals surface area contributed by atoms with Gasteiger partial charge in [-0.3, -0.25) is 4.79 Å². The van der Waals surface area contributed by atoms with E-state index in [0.717, 1.165) is 32.8 Å². The lowest BCUT2D eigenvalue weighted by atomic mass is 9.97. The molecule has 0 saturated heterocycles. The second-order valence-corrected chi connectivity index (χ2v) is 10.6. The first kappa shape index (κ1) is 18.2. The summed E-state index contributed by atoms with van der Waals surface area (Å²) in [5.41, 5.74) is 10.1. The molecule has 28 heavy (non-hydrogen) atoms. The molecular weight excluding hydrogens is 370 g/mol. The van der Waals surface area contributed by atoms with Gasteiger partial charge >= 0.3 is 0 Å². The Morgan fingerprint density at radius 3 is 2.71 bits per heavy atom. The van der Waals surface area contributed by atoms with Crippen molar-refractivity contribution in [3.05, 3.63) is 65.3 Å². The van der Waals surface area contributed by atoms with Crippen molar-refractivity contribution in [2.45, 2.75) is 6.92 Å². The Kier molecular flexibility index (Phi) is 4.39. The first-order valence-electron chi connectivity index (χ1n) is 8.76. The third-order valence-corrected chi connectivity index (χ3v) is 6.73. The molecule has 4 rings (SSSR count). The van der Waals surface area contributed by atoms with Crippen LogP contribution < -0.4 is 11.1 Å². The summed E-state index contributed by atoms with van der Waals surface area (Å²) in [6.07, 6.45) is 7.67. The summed E-state index contributed by atoms with van der Waals surface area (Å²) in [4.78, 5) is 25.4. The Bertz CT molecular complexity index is 1170. The predicted molar refractivity (Wildman–Crippen MR) is 118 cm³/mol. The van der Waals surface area contributed by atoms with Crippen molar-refractivity contribution in [2.24, 2.45) is 4.99 Å². The van der Waals surface area contributed by atoms with Crippen molar-refractivity contribution < 1.29 is 4.79 Å². The van der Waals surface area contributed by atoms with Crippen LogP contribution in [0.4, 0.5) is 5.95 Å². The Morgan fingerprint density at radius 1 is 1.14 bits per heavy atom. The van der Waals surface area contributed by atoms with E-state index < -0.39 is 10.0 Å². The average molecular weight is 392 g/mol. The Balaban J connectivity index is 1.68. The second-order valence-electron chi connectivity index (χ2n) is 7.11. The van der Waals surface area contributed by atoms with Crippen LogP contribution in [0, 0.1) is 6.92 Å². The third-order valence-electron chi connectivity index (χ3n) is 4.72. The van der Waals surface area contributed by atoms with Crippen molar-refractivity contribution in [1.29, 1.82) is 0 Å². The lowest BCUT2D eigenvalue weighted by molar-refractivity contribution is 0.0978. The highest BCUT2D eigenvalue weighted by atomic mass is 32.3. The van der Waals surface area contributed by atoms with Crippen molar-refractivity contribution >= 4 is 38.0 Å². The van der Waals surface area contributed by atoms with Gasteiger partial charge in [-0.15, -0.1) is 0 Å². The number of fused-ring (bicyclic) bond motifs is 1. The smallest absolute Gasteiger partial charge is 0.257 e. The van der Waals surface area contributed by atoms with Gasteiger partial charge in [0, 0.05) is 23.3 Å². The molecular formula is C21H21N5OS. The van der Waals surface area contributed by atoms with E-state index >= 15 is 0 Å². The number of nitrogens with one attached hydrogen (secondary N) is 1. The number of carbonyl (C=O) groups excluding carboxylic acids is 1. The number of hydrogen-bond donors (Lipinski definition) is 2. The molecule has 3 aromatic rings. The SMILES string of the molecule is Cc1ccc(C(=O)NC2=NC=CS2(C)C)cc1-c1ccc2nc(N)ncc2c1. The minimum Gasteiger partial charge on any atom is -0.368 e. The molecule has 0 fully saturated rings. The number of aliphatic imine (C=N–C) groups is 1. The number of hydrogen-bond acceptors (Lipinski definition) is 5. The molecule has 1 amide bonds. The van der Waals surface area contributed by atoms with Crippen molar-refractivity contribution in [3.63, 3.8) is 0 Å². The quantitative estimate of drug-likeness (QED) is 0.694. The third kappa shape index (κ3) is 3.36. The number of nitrogens with zero attached hydrogens (tertiary/aromatic N) is 3. The van der Waals surface area contributed by atoms with E-state index in [1.165, 1.54) is 0 Å². The largest absolute Gasteiger partial charge is 0.368 e. The summed E-state index contributed by atoms with van der Waals surface area (Å²) in [6, 6.07) is 11.6. The number of aromatic nitrogens is 2. The molecule has 0 radical (unpaired) electrons. The van der Waals surface area contributed by atoms with E-state index in [1.54, 1.807) is 12.4 Å². The minimum absolute atomic E-state index is 0.152. The van der Waals surface area contributed by atoms with Gasteiger partial charge < -0.3 is 11.1 Å². The molecule has 0 bridgehead atoms. The van der Waals surface area contributed by atoms with Crippen LogP contribution in [-0.4, -0.2) is 33.6 Å².